The molecule has 0 radical (unpaired) electrons. The summed E-state index contributed by atoms with van der Waals surface area (Å²) in [4.78, 5) is 16.9. The maximum absolute atomic E-state index is 12.1. The number of hydrogen-bond donors (Lipinski definition) is 0. The summed E-state index contributed by atoms with van der Waals surface area (Å²) in [5, 5.41) is 6.30. The highest BCUT2D eigenvalue weighted by Crippen LogP contribution is 2.23. The van der Waals surface area contributed by atoms with Crippen molar-refractivity contribution >= 4 is 23.9 Å². The van der Waals surface area contributed by atoms with Gasteiger partial charge in [-0.1, -0.05) is 11.6 Å². The fourth-order valence-electron chi connectivity index (χ4n) is 3.68. The summed E-state index contributed by atoms with van der Waals surface area (Å²) >= 11 is 5.92. The SMILES string of the molecule is CN1CCN(CCCC2CN(/N=C\c3ccc(-c4ccc(Cl)cc4)o3)C(=O)O2)CC1. The maximum Gasteiger partial charge on any atom is 0.430 e. The molecule has 2 aromatic rings. The van der Waals surface area contributed by atoms with Gasteiger partial charge in [-0.2, -0.15) is 10.1 Å². The number of halogens is 1. The lowest BCUT2D eigenvalue weighted by molar-refractivity contribution is 0.119. The number of hydrogen-bond acceptors (Lipinski definition) is 6. The van der Waals surface area contributed by atoms with E-state index >= 15 is 0 Å². The van der Waals surface area contributed by atoms with Gasteiger partial charge in [0, 0.05) is 36.8 Å². The Balaban J connectivity index is 1.24. The number of hydrazone groups is 1. The van der Waals surface area contributed by atoms with Crippen LogP contribution in [0.15, 0.2) is 45.9 Å². The fourth-order valence-corrected chi connectivity index (χ4v) is 3.81. The zero-order valence-electron chi connectivity index (χ0n) is 17.2. The van der Waals surface area contributed by atoms with E-state index in [1.165, 1.54) is 5.01 Å². The van der Waals surface area contributed by atoms with E-state index in [4.69, 9.17) is 20.8 Å². The molecule has 0 saturated carbocycles. The van der Waals surface area contributed by atoms with Gasteiger partial charge in [-0.25, -0.2) is 4.79 Å². The highest BCUT2D eigenvalue weighted by Gasteiger charge is 2.31. The molecule has 4 rings (SSSR count). The summed E-state index contributed by atoms with van der Waals surface area (Å²) in [6, 6.07) is 11.1. The molecule has 2 aliphatic heterocycles. The smallest absolute Gasteiger partial charge is 0.430 e. The van der Waals surface area contributed by atoms with Gasteiger partial charge in [-0.3, -0.25) is 0 Å². The molecule has 7 nitrogen and oxygen atoms in total. The highest BCUT2D eigenvalue weighted by molar-refractivity contribution is 6.30. The molecular weight excluding hydrogens is 404 g/mol. The minimum atomic E-state index is -0.402. The molecule has 0 spiro atoms. The molecule has 1 aromatic carbocycles. The van der Waals surface area contributed by atoms with Gasteiger partial charge in [0.1, 0.15) is 17.6 Å². The molecule has 0 aliphatic carbocycles. The van der Waals surface area contributed by atoms with E-state index < -0.39 is 6.09 Å². The summed E-state index contributed by atoms with van der Waals surface area (Å²) in [5.41, 5.74) is 0.931. The number of benzene rings is 1. The first-order valence-corrected chi connectivity index (χ1v) is 10.7. The highest BCUT2D eigenvalue weighted by atomic mass is 35.5. The number of cyclic esters (lactones) is 1. The van der Waals surface area contributed by atoms with Crippen LogP contribution in [0.1, 0.15) is 18.6 Å². The minimum absolute atomic E-state index is 0.108. The van der Waals surface area contributed by atoms with Crippen LogP contribution < -0.4 is 0 Å². The van der Waals surface area contributed by atoms with Crippen molar-refractivity contribution < 1.29 is 13.9 Å². The Hall–Kier alpha value is -2.35. The molecule has 160 valence electrons. The number of carbonyl (C=O) groups excluding carboxylic acids is 1. The van der Waals surface area contributed by atoms with E-state index in [0.29, 0.717) is 17.3 Å². The summed E-state index contributed by atoms with van der Waals surface area (Å²) < 4.78 is 11.2. The van der Waals surface area contributed by atoms with Crippen molar-refractivity contribution in [3.63, 3.8) is 0 Å². The number of piperazine rings is 1. The second-order valence-corrected chi connectivity index (χ2v) is 8.26. The molecule has 2 fully saturated rings. The Morgan fingerprint density at radius 3 is 2.67 bits per heavy atom. The lowest BCUT2D eigenvalue weighted by Crippen LogP contribution is -2.44. The fraction of sp³-hybridized carbons (Fsp3) is 0.455. The predicted octanol–water partition coefficient (Wildman–Crippen LogP) is 3.78. The van der Waals surface area contributed by atoms with E-state index in [1.807, 2.05) is 36.4 Å². The summed E-state index contributed by atoms with van der Waals surface area (Å²) in [5.74, 6) is 1.30. The van der Waals surface area contributed by atoms with Crippen molar-refractivity contribution in [3.8, 4) is 11.3 Å². The molecule has 30 heavy (non-hydrogen) atoms. The monoisotopic (exact) mass is 430 g/mol. The van der Waals surface area contributed by atoms with E-state index in [2.05, 4.69) is 21.9 Å². The molecule has 3 heterocycles. The van der Waals surface area contributed by atoms with Gasteiger partial charge in [0.15, 0.2) is 0 Å². The van der Waals surface area contributed by atoms with Gasteiger partial charge in [0.05, 0.1) is 12.8 Å². The molecular formula is C22H27ClN4O3. The number of amides is 1. The first-order chi connectivity index (χ1) is 14.6. The summed E-state index contributed by atoms with van der Waals surface area (Å²) in [7, 11) is 2.16. The van der Waals surface area contributed by atoms with Crippen LogP contribution in [0, 0.1) is 0 Å². The van der Waals surface area contributed by atoms with Crippen LogP contribution in [0.4, 0.5) is 4.79 Å². The average Bonchev–Trinajstić information content (AvgIpc) is 3.35. The molecule has 2 aliphatic rings. The zero-order chi connectivity index (χ0) is 20.9. The van der Waals surface area contributed by atoms with Crippen LogP contribution in [0.2, 0.25) is 5.02 Å². The first-order valence-electron chi connectivity index (χ1n) is 10.4. The largest absolute Gasteiger partial charge is 0.455 e. The van der Waals surface area contributed by atoms with Crippen molar-refractivity contribution in [1.82, 2.24) is 14.8 Å². The quantitative estimate of drug-likeness (QED) is 0.625. The Morgan fingerprint density at radius 1 is 1.13 bits per heavy atom. The lowest BCUT2D eigenvalue weighted by atomic mass is 10.2. The molecule has 0 N–H and O–H groups in total. The van der Waals surface area contributed by atoms with E-state index in [9.17, 15) is 4.79 Å². The molecule has 1 unspecified atom stereocenters. The van der Waals surface area contributed by atoms with Gasteiger partial charge < -0.3 is 19.0 Å². The van der Waals surface area contributed by atoms with Crippen LogP contribution in [0.3, 0.4) is 0 Å². The average molecular weight is 431 g/mol. The van der Waals surface area contributed by atoms with Gasteiger partial charge in [0.25, 0.3) is 0 Å². The van der Waals surface area contributed by atoms with Crippen molar-refractivity contribution in [2.45, 2.75) is 18.9 Å². The second kappa shape index (κ2) is 9.64. The Kier molecular flexibility index (Phi) is 6.72. The molecule has 1 amide bonds. The Morgan fingerprint density at radius 2 is 1.90 bits per heavy atom. The van der Waals surface area contributed by atoms with E-state index in [0.717, 1.165) is 56.9 Å². The zero-order valence-corrected chi connectivity index (χ0v) is 17.9. The second-order valence-electron chi connectivity index (χ2n) is 7.83. The maximum atomic E-state index is 12.1. The van der Waals surface area contributed by atoms with Crippen molar-refractivity contribution in [2.75, 3.05) is 46.3 Å². The van der Waals surface area contributed by atoms with Gasteiger partial charge in [-0.15, -0.1) is 0 Å². The van der Waals surface area contributed by atoms with Crippen LogP contribution in [0.25, 0.3) is 11.3 Å². The third-order valence-corrected chi connectivity index (χ3v) is 5.78. The number of ether oxygens (including phenoxy) is 1. The lowest BCUT2D eigenvalue weighted by Gasteiger charge is -2.32. The standard InChI is InChI=1S/C22H27ClN4O3/c1-25-11-13-26(14-12-25)10-2-3-20-16-27(22(28)30-20)24-15-19-8-9-21(29-19)17-4-6-18(23)7-5-17/h4-9,15,20H,2-3,10-14,16H2,1H3/b24-15-. The van der Waals surface area contributed by atoms with Crippen LogP contribution in [-0.4, -0.2) is 79.5 Å². The third-order valence-electron chi connectivity index (χ3n) is 5.53. The van der Waals surface area contributed by atoms with Gasteiger partial charge >= 0.3 is 6.09 Å². The third kappa shape index (κ3) is 5.41. The van der Waals surface area contributed by atoms with Crippen LogP contribution >= 0.6 is 11.6 Å². The number of furan rings is 1. The number of carbonyl (C=O) groups is 1. The predicted molar refractivity (Wildman–Crippen MR) is 117 cm³/mol. The van der Waals surface area contributed by atoms with E-state index in [1.54, 1.807) is 6.21 Å². The molecule has 2 saturated heterocycles. The Labute approximate surface area is 181 Å². The minimum Gasteiger partial charge on any atom is -0.455 e. The number of rotatable bonds is 7. The van der Waals surface area contributed by atoms with Crippen molar-refractivity contribution in [1.29, 1.82) is 0 Å². The summed E-state index contributed by atoms with van der Waals surface area (Å²) in [6.45, 7) is 5.98. The van der Waals surface area contributed by atoms with Gasteiger partial charge in [-0.05, 0) is 62.8 Å². The summed E-state index contributed by atoms with van der Waals surface area (Å²) in [6.07, 6.45) is 2.91. The molecule has 1 atom stereocenters. The van der Waals surface area contributed by atoms with Crippen molar-refractivity contribution in [2.24, 2.45) is 5.10 Å². The topological polar surface area (TPSA) is 61.5 Å². The number of likely N-dealkylation sites (N-methyl/N-ethyl adjacent to an activating group) is 1. The Bertz CT molecular complexity index is 875. The van der Waals surface area contributed by atoms with Gasteiger partial charge in [0.2, 0.25) is 0 Å². The molecule has 0 bridgehead atoms. The first kappa shape index (κ1) is 20.9. The normalized spacial score (nSPS) is 20.9. The number of nitrogens with zero attached hydrogens (tertiary/aromatic N) is 4. The molecule has 1 aromatic heterocycles. The van der Waals surface area contributed by atoms with Crippen LogP contribution in [0.5, 0.6) is 0 Å². The van der Waals surface area contributed by atoms with E-state index in [-0.39, 0.29) is 6.10 Å². The van der Waals surface area contributed by atoms with Crippen molar-refractivity contribution in [3.05, 3.63) is 47.2 Å². The molecule has 8 heteroatoms. The van der Waals surface area contributed by atoms with Crippen LogP contribution in [-0.2, 0) is 4.74 Å².